The highest BCUT2D eigenvalue weighted by Crippen LogP contribution is 2.34. The molecule has 1 atom stereocenters. The molecule has 1 amide bonds. The van der Waals surface area contributed by atoms with Gasteiger partial charge in [0.2, 0.25) is 5.95 Å². The monoisotopic (exact) mass is 473 g/mol. The Labute approximate surface area is 206 Å². The van der Waals surface area contributed by atoms with Crippen LogP contribution in [0.1, 0.15) is 29.8 Å². The maximum atomic E-state index is 14.9. The van der Waals surface area contributed by atoms with E-state index in [0.717, 1.165) is 48.4 Å². The number of piperazine rings is 1. The molecule has 0 radical (unpaired) electrons. The largest absolute Gasteiger partial charge is 0.383 e. The molecule has 2 aliphatic rings. The van der Waals surface area contributed by atoms with Crippen molar-refractivity contribution in [2.24, 2.45) is 5.92 Å². The van der Waals surface area contributed by atoms with Gasteiger partial charge in [-0.3, -0.25) is 9.69 Å². The van der Waals surface area contributed by atoms with Crippen LogP contribution in [0.25, 0.3) is 22.3 Å². The lowest BCUT2D eigenvalue weighted by Gasteiger charge is -2.42. The summed E-state index contributed by atoms with van der Waals surface area (Å²) in [6.07, 6.45) is 0.752. The molecule has 1 saturated heterocycles. The van der Waals surface area contributed by atoms with Crippen LogP contribution < -0.4 is 16.0 Å². The van der Waals surface area contributed by atoms with E-state index in [1.807, 2.05) is 24.3 Å². The minimum Gasteiger partial charge on any atom is -0.383 e. The first-order valence-electron chi connectivity index (χ1n) is 12.2. The zero-order valence-electron chi connectivity index (χ0n) is 20.5. The van der Waals surface area contributed by atoms with Crippen molar-refractivity contribution in [3.63, 3.8) is 0 Å². The normalized spacial score (nSPS) is 18.5. The van der Waals surface area contributed by atoms with Gasteiger partial charge in [-0.05, 0) is 60.3 Å². The number of hydrogen-bond acceptors (Lipinski definition) is 5. The molecule has 2 aliphatic heterocycles. The summed E-state index contributed by atoms with van der Waals surface area (Å²) >= 11 is 0. The Morgan fingerprint density at radius 3 is 2.51 bits per heavy atom. The Bertz CT molecular complexity index is 1260. The van der Waals surface area contributed by atoms with Crippen molar-refractivity contribution in [1.29, 1.82) is 0 Å². The molecular weight excluding hydrogens is 441 g/mol. The second kappa shape index (κ2) is 9.30. The van der Waals surface area contributed by atoms with Gasteiger partial charge in [-0.15, -0.1) is 0 Å². The van der Waals surface area contributed by atoms with Gasteiger partial charge < -0.3 is 16.0 Å². The quantitative estimate of drug-likeness (QED) is 0.556. The summed E-state index contributed by atoms with van der Waals surface area (Å²) in [6.45, 7) is 8.10. The number of nitrogen functional groups attached to an aromatic ring is 1. The molecule has 0 saturated carbocycles. The number of nitrogens with two attached hydrogens (primary N) is 1. The number of pyridine rings is 1. The third kappa shape index (κ3) is 4.48. The van der Waals surface area contributed by atoms with Gasteiger partial charge in [0.15, 0.2) is 0 Å². The maximum absolute atomic E-state index is 14.9. The molecule has 7 heteroatoms. The van der Waals surface area contributed by atoms with Crippen LogP contribution in [0.4, 0.5) is 15.9 Å². The van der Waals surface area contributed by atoms with Crippen LogP contribution in [0.3, 0.4) is 0 Å². The number of fused-ring (bicyclic) bond motifs is 1. The van der Waals surface area contributed by atoms with Crippen LogP contribution in [0.15, 0.2) is 48.5 Å². The van der Waals surface area contributed by atoms with Crippen LogP contribution in [0.2, 0.25) is 0 Å². The van der Waals surface area contributed by atoms with Crippen LogP contribution in [0.5, 0.6) is 0 Å². The Morgan fingerprint density at radius 1 is 1.03 bits per heavy atom. The number of benzene rings is 2. The Kier molecular flexibility index (Phi) is 6.19. The third-order valence-corrected chi connectivity index (χ3v) is 7.36. The average Bonchev–Trinajstić information content (AvgIpc) is 2.84. The number of likely N-dealkylation sites (N-methyl/N-ethyl adjacent to an activating group) is 1. The van der Waals surface area contributed by atoms with Gasteiger partial charge in [0.25, 0.3) is 5.91 Å². The second-order valence-corrected chi connectivity index (χ2v) is 9.92. The number of halogens is 1. The van der Waals surface area contributed by atoms with Gasteiger partial charge in [0, 0.05) is 54.6 Å². The summed E-state index contributed by atoms with van der Waals surface area (Å²) < 4.78 is 14.9. The Hall–Kier alpha value is -3.45. The molecule has 0 aliphatic carbocycles. The minimum absolute atomic E-state index is 0.0659. The van der Waals surface area contributed by atoms with E-state index in [9.17, 15) is 9.18 Å². The number of anilines is 2. The fourth-order valence-electron chi connectivity index (χ4n) is 5.24. The number of carbonyl (C=O) groups excluding carboxylic acids is 1. The number of nitrogens with one attached hydrogen (secondary N) is 1. The predicted molar refractivity (Wildman–Crippen MR) is 139 cm³/mol. The van der Waals surface area contributed by atoms with Gasteiger partial charge in [-0.1, -0.05) is 38.1 Å². The van der Waals surface area contributed by atoms with Crippen molar-refractivity contribution < 1.29 is 9.18 Å². The topological polar surface area (TPSA) is 74.5 Å². The number of amides is 1. The second-order valence-electron chi connectivity index (χ2n) is 9.92. The lowest BCUT2D eigenvalue weighted by Crippen LogP contribution is -2.53. The lowest BCUT2D eigenvalue weighted by molar-refractivity contribution is 0.0946. The molecule has 1 aromatic heterocycles. The molecule has 3 heterocycles. The Balaban J connectivity index is 1.44. The summed E-state index contributed by atoms with van der Waals surface area (Å²) in [6, 6.07) is 15.9. The first-order chi connectivity index (χ1) is 16.8. The van der Waals surface area contributed by atoms with Gasteiger partial charge in [0.05, 0.1) is 0 Å². The molecule has 182 valence electrons. The van der Waals surface area contributed by atoms with E-state index in [0.29, 0.717) is 35.2 Å². The van der Waals surface area contributed by atoms with E-state index < -0.39 is 5.95 Å². The van der Waals surface area contributed by atoms with Crippen molar-refractivity contribution >= 4 is 17.4 Å². The van der Waals surface area contributed by atoms with E-state index in [4.69, 9.17) is 5.73 Å². The molecular formula is C28H32FN5O. The summed E-state index contributed by atoms with van der Waals surface area (Å²) in [7, 11) is 2.19. The van der Waals surface area contributed by atoms with Crippen molar-refractivity contribution in [3.8, 4) is 22.3 Å². The SMILES string of the molecule is CC(C)C1CN(c2ccc(-c3cc(-c4ccc5c(c4)CCNC5=O)c(N)nc3F)cc2)CCN1C. The highest BCUT2D eigenvalue weighted by atomic mass is 19.1. The summed E-state index contributed by atoms with van der Waals surface area (Å²) in [4.78, 5) is 20.9. The smallest absolute Gasteiger partial charge is 0.251 e. The molecule has 0 spiro atoms. The Morgan fingerprint density at radius 2 is 1.77 bits per heavy atom. The third-order valence-electron chi connectivity index (χ3n) is 7.36. The van der Waals surface area contributed by atoms with E-state index in [-0.39, 0.29) is 11.7 Å². The molecule has 1 fully saturated rings. The average molecular weight is 474 g/mol. The molecule has 0 bridgehead atoms. The predicted octanol–water partition coefficient (Wildman–Crippen LogP) is 4.20. The van der Waals surface area contributed by atoms with E-state index >= 15 is 0 Å². The summed E-state index contributed by atoms with van der Waals surface area (Å²) in [5, 5.41) is 2.85. The van der Waals surface area contributed by atoms with Gasteiger partial charge in [-0.25, -0.2) is 4.98 Å². The lowest BCUT2D eigenvalue weighted by atomic mass is 9.94. The minimum atomic E-state index is -0.587. The highest BCUT2D eigenvalue weighted by molar-refractivity contribution is 5.97. The van der Waals surface area contributed by atoms with Gasteiger partial charge >= 0.3 is 0 Å². The van der Waals surface area contributed by atoms with Crippen molar-refractivity contribution in [3.05, 3.63) is 65.6 Å². The maximum Gasteiger partial charge on any atom is 0.251 e. The molecule has 3 N–H and O–H groups in total. The van der Waals surface area contributed by atoms with E-state index in [1.165, 1.54) is 0 Å². The van der Waals surface area contributed by atoms with Crippen molar-refractivity contribution in [1.82, 2.24) is 15.2 Å². The number of nitrogens with zero attached hydrogens (tertiary/aromatic N) is 3. The van der Waals surface area contributed by atoms with Crippen LogP contribution in [0, 0.1) is 11.9 Å². The van der Waals surface area contributed by atoms with E-state index in [1.54, 1.807) is 12.1 Å². The van der Waals surface area contributed by atoms with Crippen molar-refractivity contribution in [2.45, 2.75) is 26.3 Å². The fraction of sp³-hybridized carbons (Fsp3) is 0.357. The van der Waals surface area contributed by atoms with Crippen LogP contribution >= 0.6 is 0 Å². The standard InChI is InChI=1S/C28H32FN5O/c1-17(2)25-16-34(13-12-33(25)3)21-7-4-18(5-8-21)23-15-24(27(30)32-26(23)29)19-6-9-22-20(14-19)10-11-31-28(22)35/h4-9,14-15,17,25H,10-13,16H2,1-3H3,(H2,30,32)(H,31,35). The number of aromatic nitrogens is 1. The summed E-state index contributed by atoms with van der Waals surface area (Å²) in [5.41, 5.74) is 11.6. The highest BCUT2D eigenvalue weighted by Gasteiger charge is 2.27. The summed E-state index contributed by atoms with van der Waals surface area (Å²) in [5.74, 6) is 0.0633. The molecule has 5 rings (SSSR count). The first kappa shape index (κ1) is 23.3. The zero-order valence-corrected chi connectivity index (χ0v) is 20.5. The van der Waals surface area contributed by atoms with Gasteiger partial charge in [-0.2, -0.15) is 4.39 Å². The van der Waals surface area contributed by atoms with E-state index in [2.05, 4.69) is 53.1 Å². The molecule has 2 aromatic carbocycles. The molecule has 6 nitrogen and oxygen atoms in total. The number of rotatable bonds is 4. The number of hydrogen-bond donors (Lipinski definition) is 2. The molecule has 1 unspecified atom stereocenters. The number of carbonyl (C=O) groups is 1. The molecule has 3 aromatic rings. The molecule has 35 heavy (non-hydrogen) atoms. The van der Waals surface area contributed by atoms with Crippen molar-refractivity contribution in [2.75, 3.05) is 43.9 Å². The van der Waals surface area contributed by atoms with Crippen LogP contribution in [-0.2, 0) is 6.42 Å². The fourth-order valence-corrected chi connectivity index (χ4v) is 5.24. The van der Waals surface area contributed by atoms with Gasteiger partial charge in [0.1, 0.15) is 5.82 Å². The first-order valence-corrected chi connectivity index (χ1v) is 12.2. The van der Waals surface area contributed by atoms with Crippen LogP contribution in [-0.4, -0.2) is 55.1 Å². The zero-order chi connectivity index (χ0) is 24.7.